The van der Waals surface area contributed by atoms with Gasteiger partial charge < -0.3 is 0 Å². The van der Waals surface area contributed by atoms with Crippen LogP contribution in [0.25, 0.3) is 5.57 Å². The van der Waals surface area contributed by atoms with Crippen LogP contribution < -0.4 is 0 Å². The monoisotopic (exact) mass is 197 g/mol. The zero-order chi connectivity index (χ0) is 10.5. The van der Waals surface area contributed by atoms with Gasteiger partial charge in [-0.2, -0.15) is 0 Å². The fraction of sp³-hybridized carbons (Fsp3) is 0.214. The summed E-state index contributed by atoms with van der Waals surface area (Å²) in [6, 6.07) is 8.51. The summed E-state index contributed by atoms with van der Waals surface area (Å²) in [5.74, 6) is 0. The molecule has 0 saturated carbocycles. The molecule has 0 spiro atoms. The molecular weight excluding hydrogens is 182 g/mol. The standard InChI is InChI=1S/C14H15N/c1-15-11-12-6-5-9-14(10-12)13-7-3-2-4-8-13/h3,5-10H,1-2,4,11H2. The van der Waals surface area contributed by atoms with E-state index in [1.54, 1.807) is 0 Å². The summed E-state index contributed by atoms with van der Waals surface area (Å²) >= 11 is 0. The molecule has 1 nitrogen and oxygen atoms in total. The lowest BCUT2D eigenvalue weighted by Crippen LogP contribution is -1.88. The zero-order valence-corrected chi connectivity index (χ0v) is 8.82. The van der Waals surface area contributed by atoms with Crippen molar-refractivity contribution in [2.75, 3.05) is 0 Å². The van der Waals surface area contributed by atoms with E-state index in [0.717, 1.165) is 12.8 Å². The summed E-state index contributed by atoms with van der Waals surface area (Å²) < 4.78 is 0. The Morgan fingerprint density at radius 3 is 2.93 bits per heavy atom. The first-order chi connectivity index (χ1) is 7.40. The van der Waals surface area contributed by atoms with Crippen molar-refractivity contribution in [1.82, 2.24) is 0 Å². The van der Waals surface area contributed by atoms with Gasteiger partial charge in [0.15, 0.2) is 0 Å². The molecule has 0 radical (unpaired) electrons. The molecule has 1 aromatic carbocycles. The molecule has 0 aliphatic heterocycles. The number of nitrogens with zero attached hydrogens (tertiary/aromatic N) is 1. The highest BCUT2D eigenvalue weighted by Crippen LogP contribution is 2.22. The van der Waals surface area contributed by atoms with E-state index in [-0.39, 0.29) is 0 Å². The van der Waals surface area contributed by atoms with E-state index < -0.39 is 0 Å². The van der Waals surface area contributed by atoms with Crippen LogP contribution in [0.4, 0.5) is 0 Å². The molecule has 0 N–H and O–H groups in total. The van der Waals surface area contributed by atoms with Crippen LogP contribution >= 0.6 is 0 Å². The molecule has 0 fully saturated rings. The highest BCUT2D eigenvalue weighted by Gasteiger charge is 2.01. The lowest BCUT2D eigenvalue weighted by atomic mass is 9.98. The third-order valence-electron chi connectivity index (χ3n) is 2.55. The quantitative estimate of drug-likeness (QED) is 0.656. The molecule has 0 aromatic heterocycles. The van der Waals surface area contributed by atoms with Gasteiger partial charge in [-0.3, -0.25) is 4.99 Å². The van der Waals surface area contributed by atoms with Gasteiger partial charge >= 0.3 is 0 Å². The molecule has 1 aliphatic carbocycles. The van der Waals surface area contributed by atoms with E-state index in [1.807, 2.05) is 0 Å². The normalized spacial score (nSPS) is 14.8. The van der Waals surface area contributed by atoms with E-state index in [1.165, 1.54) is 16.7 Å². The Hall–Kier alpha value is -1.63. The number of hydrogen-bond donors (Lipinski definition) is 0. The van der Waals surface area contributed by atoms with E-state index in [0.29, 0.717) is 6.54 Å². The predicted octanol–water partition coefficient (Wildman–Crippen LogP) is 3.62. The minimum absolute atomic E-state index is 0.699. The molecule has 0 saturated heterocycles. The topological polar surface area (TPSA) is 12.4 Å². The van der Waals surface area contributed by atoms with Gasteiger partial charge in [-0.05, 0) is 42.3 Å². The van der Waals surface area contributed by atoms with E-state index in [2.05, 4.69) is 54.2 Å². The Morgan fingerprint density at radius 1 is 1.27 bits per heavy atom. The number of aliphatic imine (C=N–C) groups is 1. The maximum absolute atomic E-state index is 3.90. The molecule has 0 atom stereocenters. The second kappa shape index (κ2) is 4.74. The minimum Gasteiger partial charge on any atom is -0.296 e. The smallest absolute Gasteiger partial charge is 0.0632 e. The van der Waals surface area contributed by atoms with E-state index >= 15 is 0 Å². The summed E-state index contributed by atoms with van der Waals surface area (Å²) in [5.41, 5.74) is 3.83. The number of allylic oxidation sites excluding steroid dienone is 4. The Kier molecular flexibility index (Phi) is 3.13. The van der Waals surface area contributed by atoms with Crippen LogP contribution in [-0.2, 0) is 6.54 Å². The molecule has 0 bridgehead atoms. The second-order valence-electron chi connectivity index (χ2n) is 3.72. The molecule has 1 aromatic rings. The van der Waals surface area contributed by atoms with Crippen LogP contribution in [0, 0.1) is 0 Å². The molecule has 15 heavy (non-hydrogen) atoms. The largest absolute Gasteiger partial charge is 0.296 e. The first kappa shape index (κ1) is 9.91. The Labute approximate surface area is 90.9 Å². The SMILES string of the molecule is C=NCc1cccc(C2=CCCC=C2)c1. The molecule has 2 rings (SSSR count). The maximum Gasteiger partial charge on any atom is 0.0632 e. The fourth-order valence-corrected chi connectivity index (χ4v) is 1.81. The van der Waals surface area contributed by atoms with Crippen LogP contribution in [0.2, 0.25) is 0 Å². The molecule has 76 valence electrons. The van der Waals surface area contributed by atoms with Gasteiger partial charge in [0.25, 0.3) is 0 Å². The van der Waals surface area contributed by atoms with Crippen molar-refractivity contribution in [3.05, 3.63) is 53.6 Å². The number of benzene rings is 1. The van der Waals surface area contributed by atoms with Gasteiger partial charge in [0.1, 0.15) is 0 Å². The van der Waals surface area contributed by atoms with Gasteiger partial charge in [0.2, 0.25) is 0 Å². The lowest BCUT2D eigenvalue weighted by Gasteiger charge is -2.08. The number of rotatable bonds is 3. The second-order valence-corrected chi connectivity index (χ2v) is 3.72. The van der Waals surface area contributed by atoms with Crippen LogP contribution in [0.1, 0.15) is 24.0 Å². The molecule has 0 amide bonds. The van der Waals surface area contributed by atoms with Crippen molar-refractivity contribution < 1.29 is 0 Å². The minimum atomic E-state index is 0.699. The lowest BCUT2D eigenvalue weighted by molar-refractivity contribution is 1.04. The predicted molar refractivity (Wildman–Crippen MR) is 66.0 cm³/mol. The van der Waals surface area contributed by atoms with Gasteiger partial charge in [-0.15, -0.1) is 0 Å². The van der Waals surface area contributed by atoms with Crippen molar-refractivity contribution in [3.8, 4) is 0 Å². The van der Waals surface area contributed by atoms with Gasteiger partial charge in [0.05, 0.1) is 6.54 Å². The van der Waals surface area contributed by atoms with Crippen molar-refractivity contribution in [2.24, 2.45) is 4.99 Å². The molecular formula is C14H15N. The van der Waals surface area contributed by atoms with Gasteiger partial charge in [0, 0.05) is 0 Å². The van der Waals surface area contributed by atoms with E-state index in [4.69, 9.17) is 0 Å². The van der Waals surface area contributed by atoms with E-state index in [9.17, 15) is 0 Å². The Morgan fingerprint density at radius 2 is 2.20 bits per heavy atom. The van der Waals surface area contributed by atoms with Crippen molar-refractivity contribution in [1.29, 1.82) is 0 Å². The van der Waals surface area contributed by atoms with Crippen molar-refractivity contribution in [2.45, 2.75) is 19.4 Å². The summed E-state index contributed by atoms with van der Waals surface area (Å²) in [6.45, 7) is 4.22. The molecule has 0 heterocycles. The third kappa shape index (κ3) is 2.44. The maximum atomic E-state index is 3.90. The summed E-state index contributed by atoms with van der Waals surface area (Å²) in [5, 5.41) is 0. The average Bonchev–Trinajstić information content (AvgIpc) is 2.31. The third-order valence-corrected chi connectivity index (χ3v) is 2.55. The van der Waals surface area contributed by atoms with Crippen LogP contribution in [0.3, 0.4) is 0 Å². The number of hydrogen-bond acceptors (Lipinski definition) is 1. The first-order valence-corrected chi connectivity index (χ1v) is 5.28. The van der Waals surface area contributed by atoms with Gasteiger partial charge in [-0.25, -0.2) is 0 Å². The van der Waals surface area contributed by atoms with Crippen molar-refractivity contribution >= 4 is 12.3 Å². The zero-order valence-electron chi connectivity index (χ0n) is 8.82. The summed E-state index contributed by atoms with van der Waals surface area (Å²) in [7, 11) is 0. The molecule has 0 unspecified atom stereocenters. The molecule has 1 aliphatic rings. The summed E-state index contributed by atoms with van der Waals surface area (Å²) in [4.78, 5) is 3.90. The van der Waals surface area contributed by atoms with Gasteiger partial charge in [-0.1, -0.05) is 36.4 Å². The molecule has 1 heteroatoms. The van der Waals surface area contributed by atoms with Crippen LogP contribution in [0.15, 0.2) is 47.5 Å². The van der Waals surface area contributed by atoms with Crippen LogP contribution in [-0.4, -0.2) is 6.72 Å². The van der Waals surface area contributed by atoms with Crippen LogP contribution in [0.5, 0.6) is 0 Å². The highest BCUT2D eigenvalue weighted by molar-refractivity contribution is 5.75. The summed E-state index contributed by atoms with van der Waals surface area (Å²) in [6.07, 6.45) is 9.03. The first-order valence-electron chi connectivity index (χ1n) is 5.28. The Bertz CT molecular complexity index is 413. The fourth-order valence-electron chi connectivity index (χ4n) is 1.81. The highest BCUT2D eigenvalue weighted by atomic mass is 14.7. The van der Waals surface area contributed by atoms with Crippen molar-refractivity contribution in [3.63, 3.8) is 0 Å². The Balaban J connectivity index is 2.27. The average molecular weight is 197 g/mol.